The van der Waals surface area contributed by atoms with E-state index in [2.05, 4.69) is 5.10 Å². The molecule has 1 aromatic carbocycles. The number of hydrogen-bond donors (Lipinski definition) is 1. The molecule has 0 bridgehead atoms. The molecule has 2 aromatic rings. The number of anilines is 1. The van der Waals surface area contributed by atoms with Crippen molar-refractivity contribution < 1.29 is 13.7 Å². The van der Waals surface area contributed by atoms with Gasteiger partial charge in [0.2, 0.25) is 5.82 Å². The first-order chi connectivity index (χ1) is 9.73. The quantitative estimate of drug-likeness (QED) is 0.696. The summed E-state index contributed by atoms with van der Waals surface area (Å²) in [6.45, 7) is 3.64. The largest absolute Gasteiger partial charge is 0.384 e. The van der Waals surface area contributed by atoms with Crippen molar-refractivity contribution in [3.63, 3.8) is 0 Å². The van der Waals surface area contributed by atoms with Gasteiger partial charge < -0.3 is 5.73 Å². The van der Waals surface area contributed by atoms with Crippen LogP contribution in [0.15, 0.2) is 12.1 Å². The van der Waals surface area contributed by atoms with E-state index in [0.29, 0.717) is 17.4 Å². The molecule has 1 heterocycles. The first-order valence-electron chi connectivity index (χ1n) is 6.20. The summed E-state index contributed by atoms with van der Waals surface area (Å²) in [5, 5.41) is 14.9. The number of rotatable bonds is 3. The minimum absolute atomic E-state index is 0.101. The number of nitrogens with zero attached hydrogens (tertiary/aromatic N) is 3. The maximum Gasteiger partial charge on any atom is 0.308 e. The summed E-state index contributed by atoms with van der Waals surface area (Å²) in [5.74, 6) is -1.82. The Labute approximate surface area is 119 Å². The second-order valence-electron chi connectivity index (χ2n) is 4.97. The molecule has 0 saturated carbocycles. The Morgan fingerprint density at radius 2 is 2.00 bits per heavy atom. The molecule has 6 nitrogen and oxygen atoms in total. The van der Waals surface area contributed by atoms with Crippen molar-refractivity contribution in [2.75, 3.05) is 5.73 Å². The summed E-state index contributed by atoms with van der Waals surface area (Å²) < 4.78 is 29.2. The smallest absolute Gasteiger partial charge is 0.308 e. The van der Waals surface area contributed by atoms with E-state index in [4.69, 9.17) is 5.73 Å². The molecule has 0 atom stereocenters. The van der Waals surface area contributed by atoms with E-state index >= 15 is 0 Å². The van der Waals surface area contributed by atoms with Crippen molar-refractivity contribution in [1.82, 2.24) is 9.78 Å². The van der Waals surface area contributed by atoms with Crippen molar-refractivity contribution in [1.29, 1.82) is 0 Å². The van der Waals surface area contributed by atoms with Crippen LogP contribution in [-0.2, 0) is 7.05 Å². The predicted molar refractivity (Wildman–Crippen MR) is 73.7 cm³/mol. The molecule has 0 radical (unpaired) electrons. The number of halogens is 2. The van der Waals surface area contributed by atoms with E-state index in [1.54, 1.807) is 7.05 Å². The lowest BCUT2D eigenvalue weighted by Gasteiger charge is -2.08. The van der Waals surface area contributed by atoms with Gasteiger partial charge in [-0.3, -0.25) is 14.8 Å². The van der Waals surface area contributed by atoms with Crippen LogP contribution in [0.4, 0.5) is 20.3 Å². The minimum Gasteiger partial charge on any atom is -0.384 e. The molecular weight excluding hydrogens is 282 g/mol. The van der Waals surface area contributed by atoms with Crippen molar-refractivity contribution in [3.8, 4) is 11.3 Å². The molecule has 0 aliphatic carbocycles. The third-order valence-corrected chi connectivity index (χ3v) is 3.18. The normalized spacial score (nSPS) is 11.1. The van der Waals surface area contributed by atoms with Gasteiger partial charge in [0.25, 0.3) is 0 Å². The number of benzene rings is 1. The highest BCUT2D eigenvalue weighted by Gasteiger charge is 2.26. The van der Waals surface area contributed by atoms with Gasteiger partial charge in [-0.15, -0.1) is 0 Å². The van der Waals surface area contributed by atoms with Crippen LogP contribution in [0.25, 0.3) is 11.3 Å². The lowest BCUT2D eigenvalue weighted by atomic mass is 9.98. The molecule has 0 fully saturated rings. The number of nitrogens with two attached hydrogens (primary N) is 1. The Morgan fingerprint density at radius 1 is 1.38 bits per heavy atom. The van der Waals surface area contributed by atoms with Gasteiger partial charge in [-0.25, -0.2) is 4.39 Å². The maximum atomic E-state index is 14.3. The molecule has 0 spiro atoms. The molecule has 0 aliphatic heterocycles. The number of hydrogen-bond acceptors (Lipinski definition) is 4. The summed E-state index contributed by atoms with van der Waals surface area (Å²) in [6, 6.07) is 1.43. The first kappa shape index (κ1) is 14.9. The summed E-state index contributed by atoms with van der Waals surface area (Å²) in [4.78, 5) is 9.83. The zero-order valence-corrected chi connectivity index (χ0v) is 11.7. The fourth-order valence-electron chi connectivity index (χ4n) is 2.20. The van der Waals surface area contributed by atoms with E-state index in [9.17, 15) is 18.9 Å². The van der Waals surface area contributed by atoms with Crippen LogP contribution < -0.4 is 5.73 Å². The van der Waals surface area contributed by atoms with Crippen molar-refractivity contribution >= 4 is 11.5 Å². The Kier molecular flexibility index (Phi) is 3.63. The minimum atomic E-state index is -1.12. The van der Waals surface area contributed by atoms with Gasteiger partial charge in [-0.05, 0) is 12.0 Å². The fraction of sp³-hybridized carbons (Fsp3) is 0.308. The second-order valence-corrected chi connectivity index (χ2v) is 4.97. The topological polar surface area (TPSA) is 87.0 Å². The summed E-state index contributed by atoms with van der Waals surface area (Å²) in [5.41, 5.74) is 5.33. The van der Waals surface area contributed by atoms with Crippen LogP contribution in [0, 0.1) is 21.7 Å². The molecule has 0 saturated heterocycles. The number of aryl methyl sites for hydroxylation is 1. The molecule has 0 aliphatic rings. The van der Waals surface area contributed by atoms with E-state index in [0.717, 1.165) is 6.07 Å². The third-order valence-electron chi connectivity index (χ3n) is 3.18. The first-order valence-corrected chi connectivity index (χ1v) is 6.20. The van der Waals surface area contributed by atoms with Gasteiger partial charge in [0.15, 0.2) is 0 Å². The number of nitro benzene ring substituents is 1. The summed E-state index contributed by atoms with van der Waals surface area (Å²) in [6.07, 6.45) is 0. The molecule has 8 heteroatoms. The zero-order valence-electron chi connectivity index (χ0n) is 11.7. The fourth-order valence-corrected chi connectivity index (χ4v) is 2.20. The number of nitrogen functional groups attached to an aromatic ring is 1. The highest BCUT2D eigenvalue weighted by molar-refractivity contribution is 5.72. The van der Waals surface area contributed by atoms with Crippen molar-refractivity contribution in [2.24, 2.45) is 7.05 Å². The van der Waals surface area contributed by atoms with Gasteiger partial charge in [0, 0.05) is 18.2 Å². The van der Waals surface area contributed by atoms with Gasteiger partial charge >= 0.3 is 5.69 Å². The van der Waals surface area contributed by atoms with Gasteiger partial charge in [0.05, 0.1) is 11.0 Å². The SMILES string of the molecule is CC(C)c1c(-c2cc(F)cc([N+](=O)[O-])c2F)nn(C)c1N. The number of nitro groups is 1. The van der Waals surface area contributed by atoms with Gasteiger partial charge in [-0.1, -0.05) is 13.8 Å². The van der Waals surface area contributed by atoms with E-state index in [1.165, 1.54) is 4.68 Å². The van der Waals surface area contributed by atoms with Gasteiger partial charge in [-0.2, -0.15) is 9.49 Å². The average molecular weight is 296 g/mol. The standard InChI is InChI=1S/C13H14F2N4O2/c1-6(2)10-12(17-18(3)13(10)16)8-4-7(14)5-9(11(8)15)19(20)21/h4-6H,16H2,1-3H3. The summed E-state index contributed by atoms with van der Waals surface area (Å²) >= 11 is 0. The van der Waals surface area contributed by atoms with Crippen molar-refractivity contribution in [3.05, 3.63) is 39.4 Å². The Bertz CT molecular complexity index is 725. The van der Waals surface area contributed by atoms with Crippen molar-refractivity contribution in [2.45, 2.75) is 19.8 Å². The highest BCUT2D eigenvalue weighted by atomic mass is 19.1. The van der Waals surface area contributed by atoms with Crippen LogP contribution >= 0.6 is 0 Å². The Hall–Kier alpha value is -2.51. The van der Waals surface area contributed by atoms with Gasteiger partial charge in [0.1, 0.15) is 17.3 Å². The predicted octanol–water partition coefficient (Wildman–Crippen LogP) is 2.98. The zero-order chi connectivity index (χ0) is 15.9. The van der Waals surface area contributed by atoms with E-state index < -0.39 is 22.2 Å². The monoisotopic (exact) mass is 296 g/mol. The van der Waals surface area contributed by atoms with E-state index in [-0.39, 0.29) is 17.2 Å². The van der Waals surface area contributed by atoms with E-state index in [1.807, 2.05) is 13.8 Å². The average Bonchev–Trinajstić information content (AvgIpc) is 2.67. The van der Waals surface area contributed by atoms with Crippen LogP contribution in [0.1, 0.15) is 25.3 Å². The Balaban J connectivity index is 2.79. The molecule has 2 N–H and O–H groups in total. The number of aromatic nitrogens is 2. The lowest BCUT2D eigenvalue weighted by Crippen LogP contribution is -2.00. The lowest BCUT2D eigenvalue weighted by molar-refractivity contribution is -0.387. The molecule has 2 rings (SSSR count). The maximum absolute atomic E-state index is 14.3. The molecule has 1 aromatic heterocycles. The Morgan fingerprint density at radius 3 is 2.52 bits per heavy atom. The molecule has 0 amide bonds. The highest BCUT2D eigenvalue weighted by Crippen LogP contribution is 2.36. The molecule has 21 heavy (non-hydrogen) atoms. The second kappa shape index (κ2) is 5.12. The third kappa shape index (κ3) is 2.44. The van der Waals surface area contributed by atoms with Crippen LogP contribution in [-0.4, -0.2) is 14.7 Å². The molecular formula is C13H14F2N4O2. The molecule has 112 valence electrons. The summed E-state index contributed by atoms with van der Waals surface area (Å²) in [7, 11) is 1.57. The molecule has 0 unspecified atom stereocenters. The van der Waals surface area contributed by atoms with Crippen LogP contribution in [0.2, 0.25) is 0 Å². The van der Waals surface area contributed by atoms with Crippen LogP contribution in [0.3, 0.4) is 0 Å². The van der Waals surface area contributed by atoms with Crippen LogP contribution in [0.5, 0.6) is 0 Å².